The quantitative estimate of drug-likeness (QED) is 0.316. The van der Waals surface area contributed by atoms with Crippen molar-refractivity contribution >= 4 is 17.7 Å². The van der Waals surface area contributed by atoms with E-state index in [9.17, 15) is 54.2 Å². The summed E-state index contributed by atoms with van der Waals surface area (Å²) in [5.41, 5.74) is -1.93. The second kappa shape index (κ2) is 12.0. The molecule has 2 fully saturated rings. The van der Waals surface area contributed by atoms with E-state index in [1.54, 1.807) is 0 Å². The Hall–Kier alpha value is -2.91. The number of piperidine rings is 1. The molecule has 42 heavy (non-hydrogen) atoms. The smallest absolute Gasteiger partial charge is 0.434 e. The largest absolute Gasteiger partial charge is 0.481 e. The number of carbonyl (C=O) groups excluding carboxylic acids is 1. The zero-order valence-electron chi connectivity index (χ0n) is 22.8. The van der Waals surface area contributed by atoms with Gasteiger partial charge in [-0.2, -0.15) is 39.5 Å². The molecule has 16 heteroatoms. The highest BCUT2D eigenvalue weighted by molar-refractivity contribution is 5.73. The third kappa shape index (κ3) is 7.92. The van der Waals surface area contributed by atoms with Gasteiger partial charge in [0.25, 0.3) is 6.10 Å². The number of likely N-dealkylation sites (tertiary alicyclic amines) is 2. The minimum absolute atomic E-state index is 0.0761. The minimum atomic E-state index is -5.83. The van der Waals surface area contributed by atoms with Crippen molar-refractivity contribution in [2.45, 2.75) is 82.7 Å². The van der Waals surface area contributed by atoms with Crippen molar-refractivity contribution < 1.29 is 58.9 Å². The molecule has 2 saturated heterocycles. The van der Waals surface area contributed by atoms with Crippen LogP contribution in [0.2, 0.25) is 0 Å². The number of ether oxygens (including phenoxy) is 1. The van der Waals surface area contributed by atoms with Gasteiger partial charge in [-0.3, -0.25) is 9.69 Å². The van der Waals surface area contributed by atoms with E-state index < -0.39 is 53.2 Å². The summed E-state index contributed by atoms with van der Waals surface area (Å²) >= 11 is 0. The molecule has 0 atom stereocenters. The molecule has 2 heterocycles. The number of alkyl halides is 9. The van der Waals surface area contributed by atoms with Crippen LogP contribution >= 0.6 is 0 Å². The number of hydrogen-bond acceptors (Lipinski definition) is 5. The Balaban J connectivity index is 1.73. The number of rotatable bonds is 8. The number of nitrogens with zero attached hydrogens (tertiary/aromatic N) is 2. The van der Waals surface area contributed by atoms with Crippen molar-refractivity contribution in [3.63, 3.8) is 0 Å². The van der Waals surface area contributed by atoms with Crippen LogP contribution in [0.4, 0.5) is 50.0 Å². The maximum atomic E-state index is 13.4. The lowest BCUT2D eigenvalue weighted by Crippen LogP contribution is -2.54. The van der Waals surface area contributed by atoms with E-state index in [0.717, 1.165) is 17.0 Å². The summed E-state index contributed by atoms with van der Waals surface area (Å²) in [6.07, 6.45) is -20.4. The maximum Gasteiger partial charge on any atom is 0.434 e. The van der Waals surface area contributed by atoms with Gasteiger partial charge in [-0.15, -0.1) is 0 Å². The zero-order chi connectivity index (χ0) is 31.7. The van der Waals surface area contributed by atoms with E-state index in [-0.39, 0.29) is 51.1 Å². The van der Waals surface area contributed by atoms with Crippen LogP contribution in [0, 0.1) is 5.41 Å². The van der Waals surface area contributed by atoms with Crippen LogP contribution < -0.4 is 5.32 Å². The first-order valence-corrected chi connectivity index (χ1v) is 13.2. The fourth-order valence-electron chi connectivity index (χ4n) is 5.28. The van der Waals surface area contributed by atoms with E-state index in [1.807, 2.05) is 4.90 Å². The fourth-order valence-corrected chi connectivity index (χ4v) is 5.28. The number of hydrogen-bond donors (Lipinski definition) is 2. The van der Waals surface area contributed by atoms with Crippen molar-refractivity contribution in [3.05, 3.63) is 29.3 Å². The van der Waals surface area contributed by atoms with Crippen LogP contribution in [0.25, 0.3) is 0 Å². The molecule has 0 unspecified atom stereocenters. The van der Waals surface area contributed by atoms with Gasteiger partial charge >= 0.3 is 30.6 Å². The van der Waals surface area contributed by atoms with Gasteiger partial charge in [0.05, 0.1) is 11.0 Å². The number of halogens is 9. The molecule has 0 bridgehead atoms. The molecule has 2 aliphatic rings. The summed E-state index contributed by atoms with van der Waals surface area (Å²) in [6, 6.07) is 3.20. The van der Waals surface area contributed by atoms with Gasteiger partial charge in [-0.25, -0.2) is 4.79 Å². The van der Waals surface area contributed by atoms with Crippen molar-refractivity contribution in [2.24, 2.45) is 5.41 Å². The van der Waals surface area contributed by atoms with E-state index >= 15 is 0 Å². The van der Waals surface area contributed by atoms with E-state index in [2.05, 4.69) is 10.1 Å². The summed E-state index contributed by atoms with van der Waals surface area (Å²) in [4.78, 5) is 26.4. The van der Waals surface area contributed by atoms with Gasteiger partial charge in [0.1, 0.15) is 0 Å². The summed E-state index contributed by atoms with van der Waals surface area (Å²) in [5, 5.41) is 12.2. The van der Waals surface area contributed by atoms with Gasteiger partial charge in [0, 0.05) is 37.4 Å². The number of anilines is 1. The topological polar surface area (TPSA) is 82.1 Å². The standard InChI is InChI=1S/C26H32F9N3O4/c1-22(2,20(39)40)7-10-36-18-14-17(24(27,28)29)5-4-16(18)15-38-11-3-6-23(38)8-12-37(13-9-23)21(41)42-19(25(30,31)32)26(33,34)35/h4-5,14,19,36H,3,6-13,15H2,1-2H3,(H,39,40). The summed E-state index contributed by atoms with van der Waals surface area (Å²) in [6.45, 7) is 3.44. The van der Waals surface area contributed by atoms with E-state index in [4.69, 9.17) is 0 Å². The molecule has 2 N–H and O–H groups in total. The third-order valence-electron chi connectivity index (χ3n) is 7.95. The monoisotopic (exact) mass is 621 g/mol. The van der Waals surface area contributed by atoms with Gasteiger partial charge in [0.2, 0.25) is 0 Å². The van der Waals surface area contributed by atoms with Gasteiger partial charge in [-0.05, 0) is 70.2 Å². The van der Waals surface area contributed by atoms with Gasteiger partial charge < -0.3 is 20.1 Å². The van der Waals surface area contributed by atoms with E-state index in [0.29, 0.717) is 24.9 Å². The van der Waals surface area contributed by atoms with E-state index in [1.165, 1.54) is 19.9 Å². The predicted molar refractivity (Wildman–Crippen MR) is 132 cm³/mol. The number of carbonyl (C=O) groups is 2. The molecule has 0 saturated carbocycles. The van der Waals surface area contributed by atoms with Crippen molar-refractivity contribution in [3.8, 4) is 0 Å². The normalized spacial score (nSPS) is 18.5. The fraction of sp³-hybridized carbons (Fsp3) is 0.692. The van der Waals surface area contributed by atoms with Crippen LogP contribution in [0.5, 0.6) is 0 Å². The van der Waals surface area contributed by atoms with Crippen molar-refractivity contribution in [1.29, 1.82) is 0 Å². The number of carboxylic acids is 1. The van der Waals surface area contributed by atoms with Crippen molar-refractivity contribution in [2.75, 3.05) is 31.5 Å². The molecular formula is C26H32F9N3O4. The molecule has 1 aromatic carbocycles. The Morgan fingerprint density at radius 2 is 1.57 bits per heavy atom. The molecule has 0 aliphatic carbocycles. The highest BCUT2D eigenvalue weighted by Crippen LogP contribution is 2.42. The molecule has 3 rings (SSSR count). The van der Waals surface area contributed by atoms with Crippen LogP contribution in [0.15, 0.2) is 18.2 Å². The molecule has 0 aromatic heterocycles. The number of benzene rings is 1. The molecule has 1 aromatic rings. The number of aliphatic carboxylic acids is 1. The number of carboxylic acid groups (broad SMARTS) is 1. The average molecular weight is 622 g/mol. The first-order valence-electron chi connectivity index (χ1n) is 13.2. The molecule has 238 valence electrons. The lowest BCUT2D eigenvalue weighted by atomic mass is 9.84. The number of nitrogens with one attached hydrogen (secondary N) is 1. The first kappa shape index (κ1) is 33.6. The highest BCUT2D eigenvalue weighted by Gasteiger charge is 2.60. The lowest BCUT2D eigenvalue weighted by molar-refractivity contribution is -0.308. The second-order valence-corrected chi connectivity index (χ2v) is 11.3. The molecule has 1 amide bonds. The molecule has 0 radical (unpaired) electrons. The van der Waals surface area contributed by atoms with Gasteiger partial charge in [0.15, 0.2) is 0 Å². The summed E-state index contributed by atoms with van der Waals surface area (Å²) < 4.78 is 121. The highest BCUT2D eigenvalue weighted by atomic mass is 19.4. The van der Waals surface area contributed by atoms with Gasteiger partial charge in [-0.1, -0.05) is 6.07 Å². The average Bonchev–Trinajstić information content (AvgIpc) is 3.22. The maximum absolute atomic E-state index is 13.4. The Morgan fingerprint density at radius 1 is 0.976 bits per heavy atom. The molecule has 1 spiro atoms. The molecule has 7 nitrogen and oxygen atoms in total. The molecular weight excluding hydrogens is 589 g/mol. The van der Waals surface area contributed by atoms with Crippen LogP contribution in [-0.2, 0) is 22.3 Å². The summed E-state index contributed by atoms with van der Waals surface area (Å²) in [5.74, 6) is -1.06. The zero-order valence-corrected chi connectivity index (χ0v) is 22.8. The Bertz CT molecular complexity index is 1110. The van der Waals surface area contributed by atoms with Crippen LogP contribution in [0.1, 0.15) is 57.1 Å². The Morgan fingerprint density at radius 3 is 2.10 bits per heavy atom. The minimum Gasteiger partial charge on any atom is -0.481 e. The van der Waals surface area contributed by atoms with Crippen molar-refractivity contribution in [1.82, 2.24) is 9.80 Å². The summed E-state index contributed by atoms with van der Waals surface area (Å²) in [7, 11) is 0. The second-order valence-electron chi connectivity index (χ2n) is 11.3. The Labute approximate surface area is 236 Å². The Kier molecular flexibility index (Phi) is 9.59. The first-order chi connectivity index (χ1) is 19.2. The SMILES string of the molecule is CC(C)(CCNc1cc(C(F)(F)F)ccc1CN1CCCC12CCN(C(=O)OC(C(F)(F)F)C(F)(F)F)CC2)C(=O)O. The van der Waals surface area contributed by atoms with Crippen LogP contribution in [0.3, 0.4) is 0 Å². The molecule has 2 aliphatic heterocycles. The van der Waals surface area contributed by atoms with Crippen LogP contribution in [-0.4, -0.2) is 77.1 Å². The lowest BCUT2D eigenvalue weighted by Gasteiger charge is -2.45. The predicted octanol–water partition coefficient (Wildman–Crippen LogP) is 6.68. The third-order valence-corrected chi connectivity index (χ3v) is 7.95. The number of amides is 1.